The Morgan fingerprint density at radius 3 is 1.97 bits per heavy atom. The van der Waals surface area contributed by atoms with Gasteiger partial charge in [-0.2, -0.15) is 0 Å². The molecule has 0 radical (unpaired) electrons. The molecule has 4 aliphatic carbocycles. The number of benzene rings is 2. The van der Waals surface area contributed by atoms with E-state index in [9.17, 15) is 4.79 Å². The van der Waals surface area contributed by atoms with Gasteiger partial charge in [0.1, 0.15) is 0 Å². The number of hydrogen-bond donors (Lipinski definition) is 1. The average molecular weight is 400 g/mol. The van der Waals surface area contributed by atoms with Crippen LogP contribution in [0.2, 0.25) is 0 Å². The van der Waals surface area contributed by atoms with E-state index in [1.807, 2.05) is 39.5 Å². The van der Waals surface area contributed by atoms with Gasteiger partial charge in [-0.15, -0.1) is 0 Å². The van der Waals surface area contributed by atoms with Crippen molar-refractivity contribution in [2.75, 3.05) is 0 Å². The molecule has 2 aromatic carbocycles. The number of carbonyl (C=O) groups is 1. The van der Waals surface area contributed by atoms with E-state index >= 15 is 0 Å². The fourth-order valence-electron chi connectivity index (χ4n) is 7.14. The zero-order valence-corrected chi connectivity index (χ0v) is 17.4. The largest absolute Gasteiger partial charge is 0.306 e. The van der Waals surface area contributed by atoms with Gasteiger partial charge in [0.2, 0.25) is 5.62 Å². The molecule has 4 nitrogen and oxygen atoms in total. The second kappa shape index (κ2) is 6.69. The first-order valence-electron chi connectivity index (χ1n) is 11.4. The van der Waals surface area contributed by atoms with E-state index in [4.69, 9.17) is 5.41 Å². The van der Waals surface area contributed by atoms with E-state index in [1.54, 1.807) is 0 Å². The molecule has 154 valence electrons. The molecular weight excluding hydrogens is 370 g/mol. The lowest BCUT2D eigenvalue weighted by Crippen LogP contribution is -2.51. The first-order valence-corrected chi connectivity index (χ1v) is 11.4. The Morgan fingerprint density at radius 1 is 0.833 bits per heavy atom. The fraction of sp³-hybridized carbons (Fsp3) is 0.462. The van der Waals surface area contributed by atoms with Gasteiger partial charge in [-0.25, -0.2) is 0 Å². The van der Waals surface area contributed by atoms with Crippen molar-refractivity contribution in [1.29, 1.82) is 5.41 Å². The third-order valence-corrected chi connectivity index (χ3v) is 8.09. The number of hydrogen-bond acceptors (Lipinski definition) is 2. The Bertz CT molecular complexity index is 1130. The highest BCUT2D eigenvalue weighted by molar-refractivity contribution is 5.87. The van der Waals surface area contributed by atoms with Crippen LogP contribution in [-0.4, -0.2) is 14.9 Å². The summed E-state index contributed by atoms with van der Waals surface area (Å²) in [4.78, 5) is 13.7. The number of rotatable bonds is 5. The lowest BCUT2D eigenvalue weighted by molar-refractivity contribution is -0.144. The summed E-state index contributed by atoms with van der Waals surface area (Å²) in [6.07, 6.45) is 7.32. The number of imidazole rings is 1. The van der Waals surface area contributed by atoms with Gasteiger partial charge in [0.25, 0.3) is 0 Å². The summed E-state index contributed by atoms with van der Waals surface area (Å²) in [6, 6.07) is 18.4. The molecule has 4 fully saturated rings. The average Bonchev–Trinajstić information content (AvgIpc) is 2.99. The van der Waals surface area contributed by atoms with Crippen molar-refractivity contribution in [3.63, 3.8) is 0 Å². The molecule has 0 spiro atoms. The van der Waals surface area contributed by atoms with Crippen molar-refractivity contribution in [3.05, 3.63) is 65.8 Å². The van der Waals surface area contributed by atoms with Crippen molar-refractivity contribution >= 4 is 16.8 Å². The van der Waals surface area contributed by atoms with E-state index < -0.39 is 0 Å². The van der Waals surface area contributed by atoms with E-state index in [1.165, 1.54) is 24.8 Å². The monoisotopic (exact) mass is 399 g/mol. The van der Waals surface area contributed by atoms with E-state index in [0.717, 1.165) is 48.0 Å². The van der Waals surface area contributed by atoms with Crippen LogP contribution < -0.4 is 5.62 Å². The summed E-state index contributed by atoms with van der Waals surface area (Å²) in [6.45, 7) is 0.992. The molecule has 1 heterocycles. The van der Waals surface area contributed by atoms with Crippen molar-refractivity contribution < 1.29 is 4.79 Å². The highest BCUT2D eigenvalue weighted by Gasteiger charge is 2.54. The Hall–Kier alpha value is -2.62. The maximum absolute atomic E-state index is 13.7. The lowest BCUT2D eigenvalue weighted by atomic mass is 9.48. The first-order chi connectivity index (χ1) is 14.6. The minimum absolute atomic E-state index is 0.114. The molecule has 3 aromatic rings. The summed E-state index contributed by atoms with van der Waals surface area (Å²) < 4.78 is 4.00. The maximum Gasteiger partial charge on any atom is 0.203 e. The maximum atomic E-state index is 13.7. The highest BCUT2D eigenvalue weighted by Crippen LogP contribution is 2.60. The summed E-state index contributed by atoms with van der Waals surface area (Å²) in [7, 11) is 0. The number of nitrogens with one attached hydrogen (secondary N) is 1. The fourth-order valence-corrected chi connectivity index (χ4v) is 7.14. The molecule has 0 atom stereocenters. The van der Waals surface area contributed by atoms with Gasteiger partial charge in [0.05, 0.1) is 24.1 Å². The normalized spacial score (nSPS) is 29.5. The Labute approximate surface area is 177 Å². The van der Waals surface area contributed by atoms with Crippen LogP contribution in [0, 0.1) is 28.6 Å². The summed E-state index contributed by atoms with van der Waals surface area (Å²) in [5, 5.41) is 8.93. The van der Waals surface area contributed by atoms with Gasteiger partial charge in [-0.1, -0.05) is 42.5 Å². The van der Waals surface area contributed by atoms with Gasteiger partial charge in [0.15, 0.2) is 5.78 Å². The van der Waals surface area contributed by atoms with Crippen LogP contribution in [0.1, 0.15) is 44.1 Å². The molecular formula is C26H29N3O. The van der Waals surface area contributed by atoms with E-state index in [-0.39, 0.29) is 5.41 Å². The standard InChI is InChI=1S/C26H29N3O/c27-25-28(16-18-6-2-1-3-7-18)22-8-4-5-9-23(22)29(25)17-24(30)26-13-19-10-20(14-26)12-21(11-19)15-26/h1-9,19-21,27H,10-17H2. The van der Waals surface area contributed by atoms with Crippen LogP contribution in [0.15, 0.2) is 54.6 Å². The number of para-hydroxylation sites is 2. The molecule has 1 aromatic heterocycles. The first kappa shape index (κ1) is 18.2. The predicted molar refractivity (Wildman–Crippen MR) is 117 cm³/mol. The van der Waals surface area contributed by atoms with Crippen LogP contribution in [0.25, 0.3) is 11.0 Å². The quantitative estimate of drug-likeness (QED) is 0.661. The van der Waals surface area contributed by atoms with Crippen LogP contribution >= 0.6 is 0 Å². The minimum atomic E-state index is -0.114. The number of ketones is 1. The second-order valence-electron chi connectivity index (χ2n) is 10.1. The van der Waals surface area contributed by atoms with Crippen molar-refractivity contribution in [2.24, 2.45) is 23.2 Å². The summed E-state index contributed by atoms with van der Waals surface area (Å²) in [5.41, 5.74) is 3.52. The van der Waals surface area contributed by atoms with Crippen LogP contribution in [-0.2, 0) is 17.9 Å². The Morgan fingerprint density at radius 2 is 1.37 bits per heavy atom. The third-order valence-electron chi connectivity index (χ3n) is 8.09. The predicted octanol–water partition coefficient (Wildman–Crippen LogP) is 4.76. The summed E-state index contributed by atoms with van der Waals surface area (Å²) in [5.74, 6) is 2.67. The Balaban J connectivity index is 1.37. The third kappa shape index (κ3) is 2.80. The molecule has 0 amide bonds. The van der Waals surface area contributed by atoms with E-state index in [0.29, 0.717) is 24.5 Å². The number of fused-ring (bicyclic) bond motifs is 1. The zero-order chi connectivity index (χ0) is 20.3. The molecule has 30 heavy (non-hydrogen) atoms. The van der Waals surface area contributed by atoms with Crippen molar-refractivity contribution in [2.45, 2.75) is 51.6 Å². The van der Waals surface area contributed by atoms with Gasteiger partial charge in [-0.05, 0) is 74.0 Å². The van der Waals surface area contributed by atoms with Crippen LogP contribution in [0.4, 0.5) is 0 Å². The molecule has 0 unspecified atom stereocenters. The summed E-state index contributed by atoms with van der Waals surface area (Å²) >= 11 is 0. The molecule has 4 saturated carbocycles. The molecule has 0 aliphatic heterocycles. The van der Waals surface area contributed by atoms with Crippen molar-refractivity contribution in [1.82, 2.24) is 9.13 Å². The molecule has 4 heteroatoms. The van der Waals surface area contributed by atoms with Gasteiger partial charge in [0, 0.05) is 5.41 Å². The van der Waals surface area contributed by atoms with Crippen molar-refractivity contribution in [3.8, 4) is 0 Å². The minimum Gasteiger partial charge on any atom is -0.306 e. The molecule has 7 rings (SSSR count). The lowest BCUT2D eigenvalue weighted by Gasteiger charge is -2.56. The topological polar surface area (TPSA) is 50.8 Å². The zero-order valence-electron chi connectivity index (χ0n) is 17.4. The molecule has 4 aliphatic rings. The smallest absolute Gasteiger partial charge is 0.203 e. The number of carbonyl (C=O) groups excluding carboxylic acids is 1. The van der Waals surface area contributed by atoms with Crippen LogP contribution in [0.5, 0.6) is 0 Å². The number of nitrogens with zero attached hydrogens (tertiary/aromatic N) is 2. The molecule has 4 bridgehead atoms. The van der Waals surface area contributed by atoms with Gasteiger partial charge < -0.3 is 9.13 Å². The van der Waals surface area contributed by atoms with Crippen LogP contribution in [0.3, 0.4) is 0 Å². The van der Waals surface area contributed by atoms with Gasteiger partial charge >= 0.3 is 0 Å². The van der Waals surface area contributed by atoms with E-state index in [2.05, 4.69) is 24.3 Å². The Kier molecular flexibility index (Phi) is 4.06. The second-order valence-corrected chi connectivity index (χ2v) is 10.1. The SMILES string of the molecule is N=c1n(CC(=O)C23CC4CC(CC(C4)C2)C3)c2ccccc2n1Cc1ccccc1. The van der Waals surface area contributed by atoms with Gasteiger partial charge in [-0.3, -0.25) is 10.2 Å². The number of Topliss-reactive ketones (excluding diaryl/α,β-unsaturated/α-hetero) is 1. The molecule has 0 saturated heterocycles. The number of aromatic nitrogens is 2. The molecule has 1 N–H and O–H groups in total. The highest BCUT2D eigenvalue weighted by atomic mass is 16.1.